The van der Waals surface area contributed by atoms with Gasteiger partial charge in [0.1, 0.15) is 0 Å². The number of benzene rings is 2. The molecular formula is C17H10BrClN2. The van der Waals surface area contributed by atoms with Crippen molar-refractivity contribution in [3.8, 4) is 11.3 Å². The van der Waals surface area contributed by atoms with Crippen LogP contribution >= 0.6 is 27.5 Å². The van der Waals surface area contributed by atoms with Gasteiger partial charge in [0.15, 0.2) is 0 Å². The lowest BCUT2D eigenvalue weighted by Crippen LogP contribution is -1.85. The summed E-state index contributed by atoms with van der Waals surface area (Å²) in [5.41, 5.74) is 3.91. The Balaban J connectivity index is 2.03. The minimum atomic E-state index is 0.722. The largest absolute Gasteiger partial charge is 0.360 e. The normalized spacial score (nSPS) is 11.3. The standard InChI is InChI=1S/C17H10BrClN2/c18-13-6-3-5-10-12(9-20-17(10)13)16-8-14(19)11-4-1-2-7-15(11)21-16/h1-9,20H. The molecule has 0 aliphatic carbocycles. The summed E-state index contributed by atoms with van der Waals surface area (Å²) in [7, 11) is 0. The van der Waals surface area contributed by atoms with Crippen molar-refractivity contribution in [2.24, 2.45) is 0 Å². The van der Waals surface area contributed by atoms with E-state index in [1.54, 1.807) is 0 Å². The van der Waals surface area contributed by atoms with E-state index in [0.29, 0.717) is 0 Å². The van der Waals surface area contributed by atoms with Crippen molar-refractivity contribution >= 4 is 49.3 Å². The minimum Gasteiger partial charge on any atom is -0.360 e. The first-order valence-electron chi connectivity index (χ1n) is 6.55. The zero-order chi connectivity index (χ0) is 14.4. The Hall–Kier alpha value is -1.84. The lowest BCUT2D eigenvalue weighted by molar-refractivity contribution is 1.39. The summed E-state index contributed by atoms with van der Waals surface area (Å²) in [6.45, 7) is 0. The first-order valence-corrected chi connectivity index (χ1v) is 7.72. The third-order valence-corrected chi connectivity index (χ3v) is 4.58. The molecule has 21 heavy (non-hydrogen) atoms. The molecule has 4 aromatic rings. The Morgan fingerprint density at radius 2 is 1.81 bits per heavy atom. The number of halogens is 2. The molecular weight excluding hydrogens is 348 g/mol. The molecule has 4 rings (SSSR count). The molecule has 0 saturated heterocycles. The van der Waals surface area contributed by atoms with Crippen molar-refractivity contribution in [3.63, 3.8) is 0 Å². The number of aromatic nitrogens is 2. The van der Waals surface area contributed by atoms with Crippen LogP contribution in [0.3, 0.4) is 0 Å². The maximum atomic E-state index is 6.40. The van der Waals surface area contributed by atoms with Crippen LogP contribution in [-0.4, -0.2) is 9.97 Å². The highest BCUT2D eigenvalue weighted by Gasteiger charge is 2.11. The second-order valence-corrected chi connectivity index (χ2v) is 6.13. The molecule has 0 bridgehead atoms. The summed E-state index contributed by atoms with van der Waals surface area (Å²) >= 11 is 9.96. The van der Waals surface area contributed by atoms with Gasteiger partial charge in [-0.2, -0.15) is 0 Å². The van der Waals surface area contributed by atoms with E-state index < -0.39 is 0 Å². The second kappa shape index (κ2) is 4.86. The molecule has 0 atom stereocenters. The molecule has 1 N–H and O–H groups in total. The van der Waals surface area contributed by atoms with E-state index in [9.17, 15) is 0 Å². The first-order chi connectivity index (χ1) is 10.2. The zero-order valence-electron chi connectivity index (χ0n) is 10.9. The molecule has 0 aliphatic rings. The number of nitrogens with zero attached hydrogens (tertiary/aromatic N) is 1. The van der Waals surface area contributed by atoms with E-state index in [0.717, 1.165) is 42.6 Å². The van der Waals surface area contributed by atoms with E-state index in [-0.39, 0.29) is 0 Å². The van der Waals surface area contributed by atoms with Crippen LogP contribution < -0.4 is 0 Å². The number of rotatable bonds is 1. The van der Waals surface area contributed by atoms with Crippen LogP contribution in [0.15, 0.2) is 59.2 Å². The van der Waals surface area contributed by atoms with Crippen LogP contribution in [-0.2, 0) is 0 Å². The van der Waals surface area contributed by atoms with E-state index in [1.807, 2.05) is 48.7 Å². The lowest BCUT2D eigenvalue weighted by atomic mass is 10.1. The number of H-pyrrole nitrogens is 1. The summed E-state index contributed by atoms with van der Waals surface area (Å²) in [6, 6.07) is 16.0. The van der Waals surface area contributed by atoms with Gasteiger partial charge in [-0.1, -0.05) is 41.9 Å². The number of pyridine rings is 1. The van der Waals surface area contributed by atoms with Crippen LogP contribution in [0.2, 0.25) is 5.02 Å². The molecule has 0 amide bonds. The smallest absolute Gasteiger partial charge is 0.0746 e. The van der Waals surface area contributed by atoms with Crippen LogP contribution in [0.4, 0.5) is 0 Å². The van der Waals surface area contributed by atoms with Gasteiger partial charge in [0.25, 0.3) is 0 Å². The van der Waals surface area contributed by atoms with Crippen molar-refractivity contribution in [3.05, 3.63) is 64.2 Å². The fourth-order valence-electron chi connectivity index (χ4n) is 2.60. The maximum Gasteiger partial charge on any atom is 0.0746 e. The molecule has 2 nitrogen and oxygen atoms in total. The maximum absolute atomic E-state index is 6.40. The Morgan fingerprint density at radius 3 is 2.71 bits per heavy atom. The van der Waals surface area contributed by atoms with Crippen molar-refractivity contribution in [1.82, 2.24) is 9.97 Å². The highest BCUT2D eigenvalue weighted by molar-refractivity contribution is 9.10. The fraction of sp³-hybridized carbons (Fsp3) is 0. The lowest BCUT2D eigenvalue weighted by Gasteiger charge is -2.04. The van der Waals surface area contributed by atoms with Gasteiger partial charge in [0.05, 0.1) is 21.7 Å². The topological polar surface area (TPSA) is 28.7 Å². The van der Waals surface area contributed by atoms with Gasteiger partial charge in [-0.3, -0.25) is 0 Å². The van der Waals surface area contributed by atoms with Gasteiger partial charge in [0.2, 0.25) is 0 Å². The molecule has 4 heteroatoms. The highest BCUT2D eigenvalue weighted by Crippen LogP contribution is 2.34. The molecule has 0 radical (unpaired) electrons. The highest BCUT2D eigenvalue weighted by atomic mass is 79.9. The fourth-order valence-corrected chi connectivity index (χ4v) is 3.34. The number of hydrogen-bond acceptors (Lipinski definition) is 1. The van der Waals surface area contributed by atoms with E-state index in [1.165, 1.54) is 0 Å². The van der Waals surface area contributed by atoms with Crippen molar-refractivity contribution in [2.75, 3.05) is 0 Å². The summed E-state index contributed by atoms with van der Waals surface area (Å²) < 4.78 is 1.04. The summed E-state index contributed by atoms with van der Waals surface area (Å²) in [5, 5.41) is 2.83. The SMILES string of the molecule is Clc1cc(-c2c[nH]c3c(Br)cccc23)nc2ccccc12. The van der Waals surface area contributed by atoms with Gasteiger partial charge >= 0.3 is 0 Å². The van der Waals surface area contributed by atoms with Gasteiger partial charge < -0.3 is 4.98 Å². The minimum absolute atomic E-state index is 0.722. The molecule has 2 aromatic heterocycles. The van der Waals surface area contributed by atoms with Crippen molar-refractivity contribution in [1.29, 1.82) is 0 Å². The first kappa shape index (κ1) is 12.9. The quantitative estimate of drug-likeness (QED) is 0.458. The molecule has 0 unspecified atom stereocenters. The van der Waals surface area contributed by atoms with Crippen LogP contribution in [0.25, 0.3) is 33.1 Å². The molecule has 0 spiro atoms. The third-order valence-electron chi connectivity index (χ3n) is 3.61. The van der Waals surface area contributed by atoms with Crippen LogP contribution in [0.5, 0.6) is 0 Å². The van der Waals surface area contributed by atoms with Gasteiger partial charge in [-0.15, -0.1) is 0 Å². The predicted molar refractivity (Wildman–Crippen MR) is 91.7 cm³/mol. The van der Waals surface area contributed by atoms with Crippen molar-refractivity contribution in [2.45, 2.75) is 0 Å². The van der Waals surface area contributed by atoms with Crippen molar-refractivity contribution < 1.29 is 0 Å². The Bertz CT molecular complexity index is 975. The number of hydrogen-bond donors (Lipinski definition) is 1. The molecule has 2 aromatic carbocycles. The number of fused-ring (bicyclic) bond motifs is 2. The van der Waals surface area contributed by atoms with Gasteiger partial charge in [0, 0.05) is 27.0 Å². The average molecular weight is 358 g/mol. The Labute approximate surface area is 134 Å². The van der Waals surface area contributed by atoms with Crippen LogP contribution in [0.1, 0.15) is 0 Å². The number of para-hydroxylation sites is 2. The van der Waals surface area contributed by atoms with Gasteiger partial charge in [-0.05, 0) is 34.1 Å². The Kier molecular flexibility index (Phi) is 2.98. The van der Waals surface area contributed by atoms with Crippen LogP contribution in [0, 0.1) is 0 Å². The molecule has 0 saturated carbocycles. The van der Waals surface area contributed by atoms with E-state index in [4.69, 9.17) is 16.6 Å². The monoisotopic (exact) mass is 356 g/mol. The molecule has 0 aliphatic heterocycles. The molecule has 102 valence electrons. The predicted octanol–water partition coefficient (Wildman–Crippen LogP) is 5.80. The summed E-state index contributed by atoms with van der Waals surface area (Å²) in [6.07, 6.45) is 1.98. The zero-order valence-corrected chi connectivity index (χ0v) is 13.2. The average Bonchev–Trinajstić information content (AvgIpc) is 2.93. The van der Waals surface area contributed by atoms with E-state index in [2.05, 4.69) is 27.0 Å². The number of nitrogens with one attached hydrogen (secondary N) is 1. The van der Waals surface area contributed by atoms with E-state index >= 15 is 0 Å². The summed E-state index contributed by atoms with van der Waals surface area (Å²) in [5.74, 6) is 0. The molecule has 2 heterocycles. The van der Waals surface area contributed by atoms with Gasteiger partial charge in [-0.25, -0.2) is 4.98 Å². The summed E-state index contributed by atoms with van der Waals surface area (Å²) in [4.78, 5) is 8.03. The third kappa shape index (κ3) is 2.04. The Morgan fingerprint density at radius 1 is 1.00 bits per heavy atom. The molecule has 0 fully saturated rings. The number of aromatic amines is 1. The second-order valence-electron chi connectivity index (χ2n) is 4.87.